The number of hydrogen-bond acceptors (Lipinski definition) is 3. The minimum atomic E-state index is 0.801. The van der Waals surface area contributed by atoms with E-state index in [0.29, 0.717) is 0 Å². The van der Waals surface area contributed by atoms with Crippen LogP contribution in [0.25, 0.3) is 23.4 Å². The molecule has 120 valence electrons. The second-order valence-corrected chi connectivity index (χ2v) is 5.28. The van der Waals surface area contributed by atoms with Crippen molar-refractivity contribution >= 4 is 12.2 Å². The maximum Gasteiger partial charge on any atom is 0.126 e. The van der Waals surface area contributed by atoms with Gasteiger partial charge in [0.2, 0.25) is 0 Å². The fourth-order valence-corrected chi connectivity index (χ4v) is 2.47. The maximum absolute atomic E-state index is 5.41. The molecule has 0 unspecified atom stereocenters. The second-order valence-electron chi connectivity index (χ2n) is 5.28. The summed E-state index contributed by atoms with van der Waals surface area (Å²) in [6.45, 7) is 0. The number of methoxy groups -OCH3 is 2. The van der Waals surface area contributed by atoms with E-state index in [1.165, 1.54) is 0 Å². The van der Waals surface area contributed by atoms with Gasteiger partial charge in [0, 0.05) is 17.3 Å². The molecule has 0 aliphatic carbocycles. The van der Waals surface area contributed by atoms with E-state index in [4.69, 9.17) is 9.47 Å². The molecule has 3 aromatic rings. The Hall–Kier alpha value is -3.07. The van der Waals surface area contributed by atoms with Crippen LogP contribution in [0.2, 0.25) is 0 Å². The molecule has 2 aromatic carbocycles. The monoisotopic (exact) mass is 317 g/mol. The standard InChI is InChI=1S/C21H19NO2/c1-23-19-10-11-21(24-2)18(15-19)9-8-16-12-13-22-20(14-16)17-6-4-3-5-7-17/h3-15H,1-2H3. The first-order valence-electron chi connectivity index (χ1n) is 7.72. The van der Waals surface area contributed by atoms with Crippen molar-refractivity contribution in [3.63, 3.8) is 0 Å². The molecule has 24 heavy (non-hydrogen) atoms. The molecule has 3 heteroatoms. The molecule has 1 heterocycles. The third kappa shape index (κ3) is 3.63. The van der Waals surface area contributed by atoms with Crippen molar-refractivity contribution in [2.45, 2.75) is 0 Å². The largest absolute Gasteiger partial charge is 0.497 e. The normalized spacial score (nSPS) is 10.8. The van der Waals surface area contributed by atoms with Crippen molar-refractivity contribution in [2.24, 2.45) is 0 Å². The molecule has 0 atom stereocenters. The molecule has 0 fully saturated rings. The lowest BCUT2D eigenvalue weighted by Gasteiger charge is -2.07. The Bertz CT molecular complexity index is 841. The van der Waals surface area contributed by atoms with Gasteiger partial charge in [-0.1, -0.05) is 42.5 Å². The summed E-state index contributed by atoms with van der Waals surface area (Å²) in [5.74, 6) is 1.61. The first kappa shape index (κ1) is 15.8. The highest BCUT2D eigenvalue weighted by molar-refractivity contribution is 5.75. The number of hydrogen-bond donors (Lipinski definition) is 0. The first-order chi connectivity index (χ1) is 11.8. The molecule has 0 bridgehead atoms. The van der Waals surface area contributed by atoms with Gasteiger partial charge in [0.05, 0.1) is 19.9 Å². The number of rotatable bonds is 5. The van der Waals surface area contributed by atoms with Gasteiger partial charge in [-0.25, -0.2) is 0 Å². The van der Waals surface area contributed by atoms with Crippen molar-refractivity contribution in [2.75, 3.05) is 14.2 Å². The summed E-state index contributed by atoms with van der Waals surface area (Å²) in [7, 11) is 3.32. The fourth-order valence-electron chi connectivity index (χ4n) is 2.47. The topological polar surface area (TPSA) is 31.4 Å². The first-order valence-corrected chi connectivity index (χ1v) is 7.72. The third-order valence-corrected chi connectivity index (χ3v) is 3.75. The zero-order chi connectivity index (χ0) is 16.8. The Kier molecular flexibility index (Phi) is 4.92. The minimum Gasteiger partial charge on any atom is -0.497 e. The van der Waals surface area contributed by atoms with Crippen LogP contribution in [0.1, 0.15) is 11.1 Å². The quantitative estimate of drug-likeness (QED) is 0.668. The summed E-state index contributed by atoms with van der Waals surface area (Å²) in [6.07, 6.45) is 5.89. The van der Waals surface area contributed by atoms with Gasteiger partial charge >= 0.3 is 0 Å². The SMILES string of the molecule is COc1ccc(OC)c(C=Cc2ccnc(-c3ccccc3)c2)c1. The van der Waals surface area contributed by atoms with Crippen molar-refractivity contribution in [3.8, 4) is 22.8 Å². The number of pyridine rings is 1. The Morgan fingerprint density at radius 1 is 0.833 bits per heavy atom. The van der Waals surface area contributed by atoms with Crippen LogP contribution in [-0.2, 0) is 0 Å². The lowest BCUT2D eigenvalue weighted by atomic mass is 10.1. The van der Waals surface area contributed by atoms with Crippen LogP contribution in [0, 0.1) is 0 Å². The Labute approximate surface area is 142 Å². The predicted octanol–water partition coefficient (Wildman–Crippen LogP) is 4.94. The van der Waals surface area contributed by atoms with E-state index in [1.807, 2.05) is 60.8 Å². The van der Waals surface area contributed by atoms with Gasteiger partial charge in [-0.05, 0) is 35.9 Å². The Morgan fingerprint density at radius 3 is 2.42 bits per heavy atom. The summed E-state index contributed by atoms with van der Waals surface area (Å²) in [6, 6.07) is 19.9. The summed E-state index contributed by atoms with van der Waals surface area (Å²) in [4.78, 5) is 4.45. The number of ether oxygens (including phenoxy) is 2. The molecule has 0 aliphatic heterocycles. The van der Waals surface area contributed by atoms with E-state index in [0.717, 1.165) is 33.9 Å². The van der Waals surface area contributed by atoms with Crippen molar-refractivity contribution in [1.82, 2.24) is 4.98 Å². The van der Waals surface area contributed by atoms with Gasteiger partial charge in [-0.15, -0.1) is 0 Å². The zero-order valence-corrected chi connectivity index (χ0v) is 13.8. The molecule has 0 saturated heterocycles. The Balaban J connectivity index is 1.90. The molecule has 3 nitrogen and oxygen atoms in total. The van der Waals surface area contributed by atoms with Gasteiger partial charge in [-0.3, -0.25) is 4.98 Å². The highest BCUT2D eigenvalue weighted by Gasteiger charge is 2.02. The molecule has 0 N–H and O–H groups in total. The average Bonchev–Trinajstić information content (AvgIpc) is 2.67. The van der Waals surface area contributed by atoms with Gasteiger partial charge in [0.15, 0.2) is 0 Å². The molecule has 0 saturated carbocycles. The van der Waals surface area contributed by atoms with E-state index in [2.05, 4.69) is 23.2 Å². The van der Waals surface area contributed by atoms with Crippen LogP contribution < -0.4 is 9.47 Å². The summed E-state index contributed by atoms with van der Waals surface area (Å²) >= 11 is 0. The van der Waals surface area contributed by atoms with Crippen LogP contribution in [0.5, 0.6) is 11.5 Å². The summed E-state index contributed by atoms with van der Waals surface area (Å²) in [5, 5.41) is 0. The highest BCUT2D eigenvalue weighted by atomic mass is 16.5. The molecule has 1 aromatic heterocycles. The molecule has 0 spiro atoms. The number of aromatic nitrogens is 1. The summed E-state index contributed by atoms with van der Waals surface area (Å²) in [5.41, 5.74) is 4.10. The smallest absolute Gasteiger partial charge is 0.126 e. The Morgan fingerprint density at radius 2 is 1.67 bits per heavy atom. The minimum absolute atomic E-state index is 0.801. The molecular weight excluding hydrogens is 298 g/mol. The molecule has 3 rings (SSSR count). The van der Waals surface area contributed by atoms with E-state index in [1.54, 1.807) is 14.2 Å². The van der Waals surface area contributed by atoms with Crippen LogP contribution in [-0.4, -0.2) is 19.2 Å². The summed E-state index contributed by atoms with van der Waals surface area (Å²) < 4.78 is 10.7. The van der Waals surface area contributed by atoms with Crippen molar-refractivity contribution in [1.29, 1.82) is 0 Å². The van der Waals surface area contributed by atoms with Crippen molar-refractivity contribution in [3.05, 3.63) is 78.0 Å². The van der Waals surface area contributed by atoms with E-state index >= 15 is 0 Å². The highest BCUT2D eigenvalue weighted by Crippen LogP contribution is 2.26. The van der Waals surface area contributed by atoms with Crippen molar-refractivity contribution < 1.29 is 9.47 Å². The van der Waals surface area contributed by atoms with E-state index < -0.39 is 0 Å². The van der Waals surface area contributed by atoms with Gasteiger partial charge < -0.3 is 9.47 Å². The maximum atomic E-state index is 5.41. The number of benzene rings is 2. The van der Waals surface area contributed by atoms with Crippen LogP contribution >= 0.6 is 0 Å². The van der Waals surface area contributed by atoms with Crippen LogP contribution in [0.15, 0.2) is 66.9 Å². The molecule has 0 radical (unpaired) electrons. The molecule has 0 aliphatic rings. The van der Waals surface area contributed by atoms with Crippen LogP contribution in [0.4, 0.5) is 0 Å². The van der Waals surface area contributed by atoms with Gasteiger partial charge in [0.25, 0.3) is 0 Å². The van der Waals surface area contributed by atoms with E-state index in [-0.39, 0.29) is 0 Å². The zero-order valence-electron chi connectivity index (χ0n) is 13.8. The second kappa shape index (κ2) is 7.47. The van der Waals surface area contributed by atoms with Crippen LogP contribution in [0.3, 0.4) is 0 Å². The van der Waals surface area contributed by atoms with Gasteiger partial charge in [0.1, 0.15) is 11.5 Å². The van der Waals surface area contributed by atoms with E-state index in [9.17, 15) is 0 Å². The fraction of sp³-hybridized carbons (Fsp3) is 0.0952. The average molecular weight is 317 g/mol. The third-order valence-electron chi connectivity index (χ3n) is 3.75. The molecule has 0 amide bonds. The lowest BCUT2D eigenvalue weighted by molar-refractivity contribution is 0.402. The predicted molar refractivity (Wildman–Crippen MR) is 98.1 cm³/mol. The number of nitrogens with zero attached hydrogens (tertiary/aromatic N) is 1. The molecular formula is C21H19NO2. The van der Waals surface area contributed by atoms with Gasteiger partial charge in [-0.2, -0.15) is 0 Å². The lowest BCUT2D eigenvalue weighted by Crippen LogP contribution is -1.89.